The summed E-state index contributed by atoms with van der Waals surface area (Å²) < 4.78 is 62.0. The van der Waals surface area contributed by atoms with E-state index >= 15 is 0 Å². The second-order valence-corrected chi connectivity index (χ2v) is 9.26. The molecule has 4 rings (SSSR count). The van der Waals surface area contributed by atoms with Crippen LogP contribution in [-0.2, 0) is 22.9 Å². The molecule has 0 amide bonds. The molecule has 2 saturated heterocycles. The Hall–Kier alpha value is -2.94. The van der Waals surface area contributed by atoms with Crippen LogP contribution in [-0.4, -0.2) is 50.9 Å². The zero-order valence-corrected chi connectivity index (χ0v) is 18.5. The van der Waals surface area contributed by atoms with Crippen molar-refractivity contribution >= 4 is 7.82 Å². The monoisotopic (exact) mass is 517 g/mol. The number of benzene rings is 1. The molecule has 2 aliphatic rings. The van der Waals surface area contributed by atoms with Crippen LogP contribution in [0.5, 0.6) is 0 Å². The molecule has 2 fully saturated rings. The van der Waals surface area contributed by atoms with Gasteiger partial charge < -0.3 is 14.9 Å². The van der Waals surface area contributed by atoms with Gasteiger partial charge in [-0.25, -0.2) is 18.1 Å². The van der Waals surface area contributed by atoms with Crippen LogP contribution >= 0.6 is 7.82 Å². The number of phosphoric acid groups is 1. The summed E-state index contributed by atoms with van der Waals surface area (Å²) in [6, 6.07) is 3.57. The molecule has 2 aromatic rings. The van der Waals surface area contributed by atoms with Crippen LogP contribution in [0, 0.1) is 11.6 Å². The molecule has 3 N–H and O–H groups in total. The van der Waals surface area contributed by atoms with Crippen molar-refractivity contribution in [3.63, 3.8) is 0 Å². The molecule has 1 unspecified atom stereocenters. The highest BCUT2D eigenvalue weighted by atomic mass is 31.2. The van der Waals surface area contributed by atoms with Gasteiger partial charge in [0.1, 0.15) is 23.8 Å². The summed E-state index contributed by atoms with van der Waals surface area (Å²) in [4.78, 5) is 27.9. The van der Waals surface area contributed by atoms with Crippen molar-refractivity contribution in [2.75, 3.05) is 13.2 Å². The fraction of sp³-hybridized carbons (Fsp3) is 0.444. The third-order valence-electron chi connectivity index (χ3n) is 5.31. The van der Waals surface area contributed by atoms with Crippen LogP contribution in [0.15, 0.2) is 45.2 Å². The number of ether oxygens (including phenoxy) is 1. The minimum Gasteiger partial charge on any atom is -0.387 e. The van der Waals surface area contributed by atoms with Gasteiger partial charge >= 0.3 is 13.5 Å². The number of nitrogens with zero attached hydrogens (tertiary/aromatic N) is 4. The molecule has 6 atom stereocenters. The van der Waals surface area contributed by atoms with Gasteiger partial charge in [-0.3, -0.25) is 27.9 Å². The summed E-state index contributed by atoms with van der Waals surface area (Å²) in [5.41, 5.74) is 4.89. The maximum absolute atomic E-state index is 13.6. The highest BCUT2D eigenvalue weighted by molar-refractivity contribution is 7.48. The van der Waals surface area contributed by atoms with Crippen LogP contribution in [0.25, 0.3) is 10.4 Å². The standard InChI is InChI=1S/C18H18F2N5O9P/c19-10-5-9(6-11(20)7-10)12-2-4-31-35(30,34-12)32-8-18(23-24-21)15(28)14(27)16(33-18)25-3-1-13(26)22-17(25)29/h1,3,5-7,12,14-16,27-28H,2,4,8H2,(H,22,26,29)/t12-,14+,15-,16+,18+,35?/m0/s1. The van der Waals surface area contributed by atoms with Crippen molar-refractivity contribution in [1.29, 1.82) is 0 Å². The number of aliphatic hydroxyl groups is 2. The smallest absolute Gasteiger partial charge is 0.387 e. The van der Waals surface area contributed by atoms with E-state index in [-0.39, 0.29) is 18.6 Å². The minimum atomic E-state index is -4.45. The lowest BCUT2D eigenvalue weighted by Crippen LogP contribution is -2.45. The molecule has 1 aromatic carbocycles. The van der Waals surface area contributed by atoms with Gasteiger partial charge in [0.2, 0.25) is 5.72 Å². The summed E-state index contributed by atoms with van der Waals surface area (Å²) in [5.74, 6) is -1.76. The van der Waals surface area contributed by atoms with Gasteiger partial charge in [0.25, 0.3) is 5.56 Å². The van der Waals surface area contributed by atoms with E-state index in [1.54, 1.807) is 0 Å². The number of halogens is 2. The van der Waals surface area contributed by atoms with Gasteiger partial charge in [0.05, 0.1) is 19.3 Å². The molecule has 0 radical (unpaired) electrons. The molecular weight excluding hydrogens is 499 g/mol. The van der Waals surface area contributed by atoms with Crippen molar-refractivity contribution < 1.29 is 41.9 Å². The summed E-state index contributed by atoms with van der Waals surface area (Å²) in [6.07, 6.45) is -5.51. The largest absolute Gasteiger partial charge is 0.475 e. The zero-order valence-electron chi connectivity index (χ0n) is 17.6. The Labute approximate surface area is 193 Å². The van der Waals surface area contributed by atoms with Crippen molar-refractivity contribution in [1.82, 2.24) is 9.55 Å². The number of rotatable bonds is 6. The van der Waals surface area contributed by atoms with Crippen LogP contribution < -0.4 is 11.2 Å². The Kier molecular flexibility index (Phi) is 6.90. The number of aromatic amines is 1. The van der Waals surface area contributed by atoms with Crippen LogP contribution in [0.3, 0.4) is 0 Å². The van der Waals surface area contributed by atoms with E-state index in [0.29, 0.717) is 6.07 Å². The van der Waals surface area contributed by atoms with E-state index in [0.717, 1.165) is 29.0 Å². The Morgan fingerprint density at radius 1 is 1.31 bits per heavy atom. The molecule has 14 nitrogen and oxygen atoms in total. The first-order valence-electron chi connectivity index (χ1n) is 10.0. The van der Waals surface area contributed by atoms with Crippen molar-refractivity contribution in [2.45, 2.75) is 36.7 Å². The minimum absolute atomic E-state index is 0.0319. The lowest BCUT2D eigenvalue weighted by Gasteiger charge is -2.32. The molecule has 188 valence electrons. The number of aliphatic hydroxyl groups excluding tert-OH is 2. The number of phosphoric ester groups is 1. The number of hydrogen-bond donors (Lipinski definition) is 3. The maximum atomic E-state index is 13.6. The second kappa shape index (κ2) is 9.60. The molecule has 2 aliphatic heterocycles. The van der Waals surface area contributed by atoms with E-state index in [2.05, 4.69) is 10.0 Å². The summed E-state index contributed by atoms with van der Waals surface area (Å²) in [6.45, 7) is -1.18. The van der Waals surface area contributed by atoms with Gasteiger partial charge in [0.15, 0.2) is 6.23 Å². The average Bonchev–Trinajstić information content (AvgIpc) is 3.03. The maximum Gasteiger partial charge on any atom is 0.475 e. The number of nitrogens with one attached hydrogen (secondary N) is 1. The molecule has 0 bridgehead atoms. The summed E-state index contributed by atoms with van der Waals surface area (Å²) in [7, 11) is -4.45. The molecule has 1 aromatic heterocycles. The number of H-pyrrole nitrogens is 1. The second-order valence-electron chi connectivity index (χ2n) is 7.63. The normalized spacial score (nSPS) is 32.8. The molecule has 35 heavy (non-hydrogen) atoms. The zero-order chi connectivity index (χ0) is 25.4. The third kappa shape index (κ3) is 5.05. The number of hydrogen-bond acceptors (Lipinski definition) is 10. The summed E-state index contributed by atoms with van der Waals surface area (Å²) in [5, 5.41) is 24.3. The first-order chi connectivity index (χ1) is 16.6. The molecule has 0 saturated carbocycles. The Balaban J connectivity index is 1.56. The lowest BCUT2D eigenvalue weighted by molar-refractivity contribution is -0.127. The van der Waals surface area contributed by atoms with E-state index in [9.17, 15) is 33.1 Å². The molecular formula is C18H18F2N5O9P. The first kappa shape index (κ1) is 25.2. The fourth-order valence-electron chi connectivity index (χ4n) is 3.67. The molecule has 0 aliphatic carbocycles. The predicted molar refractivity (Wildman–Crippen MR) is 110 cm³/mol. The van der Waals surface area contributed by atoms with Crippen LogP contribution in [0.1, 0.15) is 24.3 Å². The van der Waals surface area contributed by atoms with Crippen molar-refractivity contribution in [3.8, 4) is 0 Å². The Morgan fingerprint density at radius 2 is 2.03 bits per heavy atom. The Morgan fingerprint density at radius 3 is 2.69 bits per heavy atom. The van der Waals surface area contributed by atoms with Gasteiger partial charge in [0, 0.05) is 29.7 Å². The van der Waals surface area contributed by atoms with E-state index < -0.39 is 67.6 Å². The molecule has 0 spiro atoms. The topological polar surface area (TPSA) is 198 Å². The average molecular weight is 517 g/mol. The number of azide groups is 1. The fourth-order valence-corrected chi connectivity index (χ4v) is 5.07. The van der Waals surface area contributed by atoms with Gasteiger partial charge in [-0.2, -0.15) is 0 Å². The van der Waals surface area contributed by atoms with E-state index in [1.807, 2.05) is 4.98 Å². The first-order valence-corrected chi connectivity index (χ1v) is 11.5. The molecule has 3 heterocycles. The van der Waals surface area contributed by atoms with E-state index in [1.165, 1.54) is 0 Å². The van der Waals surface area contributed by atoms with Crippen molar-refractivity contribution in [2.24, 2.45) is 5.11 Å². The Bertz CT molecular complexity index is 1310. The predicted octanol–water partition coefficient (Wildman–Crippen LogP) is 1.37. The highest BCUT2D eigenvalue weighted by Gasteiger charge is 2.56. The highest BCUT2D eigenvalue weighted by Crippen LogP contribution is 2.58. The lowest BCUT2D eigenvalue weighted by atomic mass is 10.1. The van der Waals surface area contributed by atoms with Gasteiger partial charge in [-0.1, -0.05) is 5.11 Å². The van der Waals surface area contributed by atoms with Crippen LogP contribution in [0.2, 0.25) is 0 Å². The molecule has 17 heteroatoms. The SMILES string of the molecule is [N-]=[N+]=N[C@]1(COP2(=O)OCC[C@@H](c3cc(F)cc(F)c3)O2)O[C@@H](n2ccc(=O)[nH]c2=O)[C@H](O)[C@@H]1O. The van der Waals surface area contributed by atoms with Gasteiger partial charge in [-0.05, 0) is 23.2 Å². The van der Waals surface area contributed by atoms with Crippen molar-refractivity contribution in [3.05, 3.63) is 78.9 Å². The van der Waals surface area contributed by atoms with Crippen LogP contribution in [0.4, 0.5) is 8.78 Å². The third-order valence-corrected chi connectivity index (χ3v) is 6.77. The van der Waals surface area contributed by atoms with E-state index in [4.69, 9.17) is 23.8 Å². The van der Waals surface area contributed by atoms with Gasteiger partial charge in [-0.15, -0.1) is 0 Å². The number of aromatic nitrogens is 2. The summed E-state index contributed by atoms with van der Waals surface area (Å²) >= 11 is 0. The quantitative estimate of drug-likeness (QED) is 0.219.